The third-order valence-corrected chi connectivity index (χ3v) is 4.19. The number of ether oxygens (including phenoxy) is 1. The van der Waals surface area contributed by atoms with Crippen molar-refractivity contribution in [2.75, 3.05) is 18.5 Å². The number of hydrogen-bond donors (Lipinski definition) is 2. The van der Waals surface area contributed by atoms with Crippen LogP contribution >= 0.6 is 0 Å². The maximum Gasteiger partial charge on any atom is 0.325 e. The van der Waals surface area contributed by atoms with Crippen molar-refractivity contribution in [2.45, 2.75) is 45.4 Å². The molecule has 6 heteroatoms. The first-order chi connectivity index (χ1) is 10.7. The van der Waals surface area contributed by atoms with Crippen LogP contribution in [0.2, 0.25) is 0 Å². The van der Waals surface area contributed by atoms with E-state index in [9.17, 15) is 9.59 Å². The molecule has 22 heavy (non-hydrogen) atoms. The molecule has 0 radical (unpaired) electrons. The fourth-order valence-electron chi connectivity index (χ4n) is 3.26. The van der Waals surface area contributed by atoms with Crippen molar-refractivity contribution in [1.82, 2.24) is 10.3 Å². The smallest absolute Gasteiger partial charge is 0.325 e. The van der Waals surface area contributed by atoms with E-state index in [0.29, 0.717) is 6.61 Å². The fraction of sp³-hybridized carbons (Fsp3) is 0.562. The Kier molecular flexibility index (Phi) is 4.27. The van der Waals surface area contributed by atoms with E-state index in [1.165, 1.54) is 11.1 Å². The topological polar surface area (TPSA) is 80.3 Å². The number of rotatable bonds is 4. The van der Waals surface area contributed by atoms with Crippen LogP contribution < -0.4 is 10.6 Å². The van der Waals surface area contributed by atoms with Crippen molar-refractivity contribution in [3.63, 3.8) is 0 Å². The minimum absolute atomic E-state index is 0.116. The summed E-state index contributed by atoms with van der Waals surface area (Å²) in [4.78, 5) is 28.1. The predicted octanol–water partition coefficient (Wildman–Crippen LogP) is 1.74. The zero-order chi connectivity index (χ0) is 15.5. The van der Waals surface area contributed by atoms with Gasteiger partial charge in [-0.05, 0) is 56.6 Å². The first-order valence-corrected chi connectivity index (χ1v) is 7.93. The molecule has 0 aliphatic heterocycles. The summed E-state index contributed by atoms with van der Waals surface area (Å²) < 4.78 is 4.80. The molecular weight excluding hydrogens is 282 g/mol. The van der Waals surface area contributed by atoms with Crippen LogP contribution in [0.5, 0.6) is 0 Å². The molecule has 0 bridgehead atoms. The lowest BCUT2D eigenvalue weighted by atomic mass is 10.1. The molecule has 1 aromatic heterocycles. The molecule has 0 fully saturated rings. The van der Waals surface area contributed by atoms with Gasteiger partial charge in [-0.25, -0.2) is 4.79 Å². The monoisotopic (exact) mass is 303 g/mol. The maximum absolute atomic E-state index is 12.1. The third kappa shape index (κ3) is 2.91. The van der Waals surface area contributed by atoms with Crippen LogP contribution in [0.3, 0.4) is 0 Å². The Morgan fingerprint density at radius 1 is 1.09 bits per heavy atom. The molecule has 0 unspecified atom stereocenters. The number of amides is 2. The summed E-state index contributed by atoms with van der Waals surface area (Å²) in [5.41, 5.74) is 5.53. The van der Waals surface area contributed by atoms with Gasteiger partial charge in [0.05, 0.1) is 12.3 Å². The van der Waals surface area contributed by atoms with Crippen molar-refractivity contribution in [1.29, 1.82) is 0 Å². The van der Waals surface area contributed by atoms with E-state index < -0.39 is 5.97 Å². The Balaban J connectivity index is 1.72. The van der Waals surface area contributed by atoms with Crippen LogP contribution in [0.15, 0.2) is 0 Å². The van der Waals surface area contributed by atoms with Gasteiger partial charge in [0.1, 0.15) is 6.54 Å². The van der Waals surface area contributed by atoms with Gasteiger partial charge in [-0.15, -0.1) is 0 Å². The highest BCUT2D eigenvalue weighted by Gasteiger charge is 2.26. The molecule has 0 spiro atoms. The molecule has 2 N–H and O–H groups in total. The number of carbonyl (C=O) groups excluding carboxylic acids is 2. The number of carbonyl (C=O) groups is 2. The molecule has 2 aliphatic carbocycles. The predicted molar refractivity (Wildman–Crippen MR) is 81.9 cm³/mol. The van der Waals surface area contributed by atoms with E-state index in [0.717, 1.165) is 55.6 Å². The maximum atomic E-state index is 12.1. The number of fused-ring (bicyclic) bond motifs is 2. The van der Waals surface area contributed by atoms with Gasteiger partial charge in [0.2, 0.25) is 0 Å². The van der Waals surface area contributed by atoms with E-state index >= 15 is 0 Å². The van der Waals surface area contributed by atoms with Gasteiger partial charge >= 0.3 is 12.0 Å². The normalized spacial score (nSPS) is 15.1. The average Bonchev–Trinajstić information content (AvgIpc) is 3.13. The molecule has 0 atom stereocenters. The summed E-state index contributed by atoms with van der Waals surface area (Å²) in [6, 6.07) is -0.359. The van der Waals surface area contributed by atoms with E-state index in [4.69, 9.17) is 9.72 Å². The van der Waals surface area contributed by atoms with Crippen molar-refractivity contribution in [2.24, 2.45) is 0 Å². The standard InChI is InChI=1S/C16H21N3O3/c1-2-22-14(20)9-17-16(21)19-15-10-5-3-7-12(10)18-13-8-4-6-11(13)15/h2-9H2,1H3,(H2,17,18,19,21). The summed E-state index contributed by atoms with van der Waals surface area (Å²) in [6.45, 7) is 1.93. The van der Waals surface area contributed by atoms with Gasteiger partial charge in [-0.2, -0.15) is 0 Å². The van der Waals surface area contributed by atoms with Crippen LogP contribution in [0.1, 0.15) is 42.3 Å². The molecule has 1 aromatic rings. The molecule has 0 saturated carbocycles. The minimum atomic E-state index is -0.428. The summed E-state index contributed by atoms with van der Waals surface area (Å²) in [6.07, 6.45) is 6.07. The quantitative estimate of drug-likeness (QED) is 0.830. The van der Waals surface area contributed by atoms with Crippen LogP contribution in [-0.4, -0.2) is 30.1 Å². The molecular formula is C16H21N3O3. The largest absolute Gasteiger partial charge is 0.465 e. The average molecular weight is 303 g/mol. The molecule has 2 aliphatic rings. The van der Waals surface area contributed by atoms with Crippen LogP contribution in [0.4, 0.5) is 10.5 Å². The van der Waals surface area contributed by atoms with Gasteiger partial charge in [0.15, 0.2) is 0 Å². The second kappa shape index (κ2) is 6.34. The van der Waals surface area contributed by atoms with Gasteiger partial charge < -0.3 is 15.4 Å². The molecule has 118 valence electrons. The highest BCUT2D eigenvalue weighted by atomic mass is 16.5. The molecule has 0 saturated heterocycles. The number of anilines is 1. The van der Waals surface area contributed by atoms with E-state index in [1.807, 2.05) is 0 Å². The van der Waals surface area contributed by atoms with Crippen molar-refractivity contribution in [3.8, 4) is 0 Å². The number of nitrogens with zero attached hydrogens (tertiary/aromatic N) is 1. The van der Waals surface area contributed by atoms with Crippen molar-refractivity contribution < 1.29 is 14.3 Å². The highest BCUT2D eigenvalue weighted by Crippen LogP contribution is 2.36. The Morgan fingerprint density at radius 3 is 2.32 bits per heavy atom. The summed E-state index contributed by atoms with van der Waals surface area (Å²) in [7, 11) is 0. The Morgan fingerprint density at radius 2 is 1.73 bits per heavy atom. The van der Waals surface area contributed by atoms with E-state index in [1.54, 1.807) is 6.92 Å². The first-order valence-electron chi connectivity index (χ1n) is 7.93. The van der Waals surface area contributed by atoms with E-state index in [2.05, 4.69) is 10.6 Å². The lowest BCUT2D eigenvalue weighted by molar-refractivity contribution is -0.141. The number of hydrogen-bond acceptors (Lipinski definition) is 4. The zero-order valence-electron chi connectivity index (χ0n) is 12.8. The second-order valence-corrected chi connectivity index (χ2v) is 5.66. The Labute approximate surface area is 129 Å². The SMILES string of the molecule is CCOC(=O)CNC(=O)Nc1c2c(nc3c1CCC3)CCC2. The molecule has 1 heterocycles. The summed E-state index contributed by atoms with van der Waals surface area (Å²) in [5, 5.41) is 5.50. The number of aryl methyl sites for hydroxylation is 2. The Bertz CT molecular complexity index is 581. The zero-order valence-corrected chi connectivity index (χ0v) is 12.8. The van der Waals surface area contributed by atoms with Crippen LogP contribution in [-0.2, 0) is 35.2 Å². The number of urea groups is 1. The summed E-state index contributed by atoms with van der Waals surface area (Å²) in [5.74, 6) is -0.428. The minimum Gasteiger partial charge on any atom is -0.465 e. The van der Waals surface area contributed by atoms with Gasteiger partial charge in [-0.1, -0.05) is 0 Å². The summed E-state index contributed by atoms with van der Waals surface area (Å²) >= 11 is 0. The molecule has 0 aromatic carbocycles. The van der Waals surface area contributed by atoms with Gasteiger partial charge in [0, 0.05) is 11.4 Å². The number of aromatic nitrogens is 1. The van der Waals surface area contributed by atoms with E-state index in [-0.39, 0.29) is 12.6 Å². The first kappa shape index (κ1) is 14.8. The molecule has 3 rings (SSSR count). The number of esters is 1. The van der Waals surface area contributed by atoms with Gasteiger partial charge in [0.25, 0.3) is 0 Å². The number of nitrogens with one attached hydrogen (secondary N) is 2. The third-order valence-electron chi connectivity index (χ3n) is 4.19. The van der Waals surface area contributed by atoms with Crippen molar-refractivity contribution in [3.05, 3.63) is 22.5 Å². The van der Waals surface area contributed by atoms with Crippen LogP contribution in [0, 0.1) is 0 Å². The molecule has 2 amide bonds. The van der Waals surface area contributed by atoms with Crippen molar-refractivity contribution >= 4 is 17.7 Å². The fourth-order valence-corrected chi connectivity index (χ4v) is 3.26. The number of pyridine rings is 1. The Hall–Kier alpha value is -2.11. The lowest BCUT2D eigenvalue weighted by Gasteiger charge is -2.15. The van der Waals surface area contributed by atoms with Crippen LogP contribution in [0.25, 0.3) is 0 Å². The highest BCUT2D eigenvalue weighted by molar-refractivity contribution is 5.93. The van der Waals surface area contributed by atoms with Gasteiger partial charge in [-0.3, -0.25) is 9.78 Å². The lowest BCUT2D eigenvalue weighted by Crippen LogP contribution is -2.34. The molecule has 6 nitrogen and oxygen atoms in total. The second-order valence-electron chi connectivity index (χ2n) is 5.66.